The summed E-state index contributed by atoms with van der Waals surface area (Å²) in [5, 5.41) is 3.46. The molecule has 0 saturated heterocycles. The van der Waals surface area contributed by atoms with Crippen molar-refractivity contribution in [2.24, 2.45) is 0 Å². The molecule has 28 heavy (non-hydrogen) atoms. The number of nitrogens with one attached hydrogen (secondary N) is 1. The molecule has 0 unspecified atom stereocenters. The van der Waals surface area contributed by atoms with Crippen LogP contribution in [0.2, 0.25) is 0 Å². The average molecular weight is 369 g/mol. The smallest absolute Gasteiger partial charge is 0.196 e. The van der Waals surface area contributed by atoms with Crippen LogP contribution in [0, 0.1) is 6.92 Å². The lowest BCUT2D eigenvalue weighted by molar-refractivity contribution is 0.103. The number of benzene rings is 3. The minimum absolute atomic E-state index is 0.0414. The average Bonchev–Trinajstić information content (AvgIpc) is 2.72. The van der Waals surface area contributed by atoms with Crippen molar-refractivity contribution in [1.29, 1.82) is 0 Å². The second-order valence-electron chi connectivity index (χ2n) is 7.10. The van der Waals surface area contributed by atoms with Crippen molar-refractivity contribution in [3.05, 3.63) is 101 Å². The molecule has 0 saturated carbocycles. The largest absolute Gasteiger partial charge is 0.384 e. The molecule has 0 aromatic heterocycles. The minimum atomic E-state index is 0.0414. The van der Waals surface area contributed by atoms with Crippen molar-refractivity contribution in [2.45, 2.75) is 13.3 Å². The molecule has 3 aromatic rings. The molecule has 3 heteroatoms. The first-order chi connectivity index (χ1) is 13.6. The number of fused-ring (bicyclic) bond motifs is 2. The molecule has 0 bridgehead atoms. The highest BCUT2D eigenvalue weighted by atomic mass is 16.5. The molecule has 4 rings (SSSR count). The molecule has 140 valence electrons. The Kier molecular flexibility index (Phi) is 4.84. The SMILES string of the molecule is C=C1c2ccccc2C(=O)c2c(Nc3cccc(CCOC)c3)ccc(C)c21. The quantitative estimate of drug-likeness (QED) is 0.502. The Morgan fingerprint density at radius 3 is 2.54 bits per heavy atom. The molecule has 0 atom stereocenters. The van der Waals surface area contributed by atoms with Gasteiger partial charge in [-0.25, -0.2) is 0 Å². The van der Waals surface area contributed by atoms with E-state index in [1.807, 2.05) is 55.5 Å². The third kappa shape index (κ3) is 3.14. The van der Waals surface area contributed by atoms with Crippen molar-refractivity contribution in [2.75, 3.05) is 19.0 Å². The summed E-state index contributed by atoms with van der Waals surface area (Å²) in [6.07, 6.45) is 0.848. The van der Waals surface area contributed by atoms with Crippen molar-refractivity contribution >= 4 is 22.7 Å². The Bertz CT molecular complexity index is 1080. The van der Waals surface area contributed by atoms with Crippen LogP contribution in [0.15, 0.2) is 67.2 Å². The highest BCUT2D eigenvalue weighted by Crippen LogP contribution is 2.40. The van der Waals surface area contributed by atoms with Gasteiger partial charge in [0.2, 0.25) is 0 Å². The van der Waals surface area contributed by atoms with E-state index in [1.54, 1.807) is 7.11 Å². The third-order valence-electron chi connectivity index (χ3n) is 5.24. The van der Waals surface area contributed by atoms with Crippen molar-refractivity contribution < 1.29 is 9.53 Å². The van der Waals surface area contributed by atoms with E-state index in [-0.39, 0.29) is 5.78 Å². The lowest BCUT2D eigenvalue weighted by atomic mass is 9.79. The van der Waals surface area contributed by atoms with Crippen LogP contribution >= 0.6 is 0 Å². The number of hydrogen-bond acceptors (Lipinski definition) is 3. The van der Waals surface area contributed by atoms with Gasteiger partial charge in [0.25, 0.3) is 0 Å². The molecular formula is C25H23NO2. The zero-order valence-corrected chi connectivity index (χ0v) is 16.2. The topological polar surface area (TPSA) is 38.3 Å². The first kappa shape index (κ1) is 18.2. The summed E-state index contributed by atoms with van der Waals surface area (Å²) in [4.78, 5) is 13.3. The lowest BCUT2D eigenvalue weighted by Crippen LogP contribution is -2.17. The van der Waals surface area contributed by atoms with Crippen LogP contribution < -0.4 is 5.32 Å². The fourth-order valence-electron chi connectivity index (χ4n) is 3.83. The maximum atomic E-state index is 13.3. The van der Waals surface area contributed by atoms with Crippen molar-refractivity contribution in [1.82, 2.24) is 0 Å². The summed E-state index contributed by atoms with van der Waals surface area (Å²) in [6.45, 7) is 7.00. The van der Waals surface area contributed by atoms with E-state index in [9.17, 15) is 4.79 Å². The van der Waals surface area contributed by atoms with Gasteiger partial charge in [0.05, 0.1) is 17.9 Å². The Labute approximate surface area is 165 Å². The molecular weight excluding hydrogens is 346 g/mol. The third-order valence-corrected chi connectivity index (χ3v) is 5.24. The maximum Gasteiger partial charge on any atom is 0.196 e. The first-order valence-electron chi connectivity index (χ1n) is 9.42. The molecule has 0 amide bonds. The van der Waals surface area contributed by atoms with Crippen LogP contribution in [-0.2, 0) is 11.2 Å². The van der Waals surface area contributed by atoms with Gasteiger partial charge in [-0.05, 0) is 59.4 Å². The van der Waals surface area contributed by atoms with Crippen LogP contribution in [0.3, 0.4) is 0 Å². The van der Waals surface area contributed by atoms with Crippen LogP contribution in [0.4, 0.5) is 11.4 Å². The molecule has 1 aliphatic carbocycles. The number of ether oxygens (including phenoxy) is 1. The van der Waals surface area contributed by atoms with E-state index in [4.69, 9.17) is 4.74 Å². The number of carbonyl (C=O) groups excluding carboxylic acids is 1. The standard InChI is InChI=1S/C25H23NO2/c1-16-11-12-22(26-19-8-6-7-18(15-19)13-14-28-3)24-23(16)17(2)20-9-4-5-10-21(20)25(24)27/h4-12,15,26H,2,13-14H2,1,3H3. The van der Waals surface area contributed by atoms with Gasteiger partial charge in [0.1, 0.15) is 0 Å². The van der Waals surface area contributed by atoms with E-state index in [2.05, 4.69) is 24.0 Å². The molecule has 0 radical (unpaired) electrons. The molecule has 3 aromatic carbocycles. The zero-order valence-electron chi connectivity index (χ0n) is 16.2. The number of aryl methyl sites for hydroxylation is 1. The summed E-state index contributed by atoms with van der Waals surface area (Å²) in [5.74, 6) is 0.0414. The van der Waals surface area contributed by atoms with Crippen molar-refractivity contribution in [3.8, 4) is 0 Å². The Balaban J connectivity index is 1.77. The summed E-state index contributed by atoms with van der Waals surface area (Å²) in [5.41, 5.74) is 8.18. The number of anilines is 2. The highest BCUT2D eigenvalue weighted by molar-refractivity contribution is 6.21. The van der Waals surface area contributed by atoms with Gasteiger partial charge in [0, 0.05) is 18.4 Å². The maximum absolute atomic E-state index is 13.3. The van der Waals surface area contributed by atoms with Crippen LogP contribution in [-0.4, -0.2) is 19.5 Å². The molecule has 1 aliphatic rings. The van der Waals surface area contributed by atoms with Crippen LogP contribution in [0.5, 0.6) is 0 Å². The van der Waals surface area contributed by atoms with Gasteiger partial charge in [-0.15, -0.1) is 0 Å². The molecule has 3 nitrogen and oxygen atoms in total. The van der Waals surface area contributed by atoms with E-state index in [0.717, 1.165) is 40.1 Å². The van der Waals surface area contributed by atoms with Crippen LogP contribution in [0.25, 0.3) is 5.57 Å². The summed E-state index contributed by atoms with van der Waals surface area (Å²) in [6, 6.07) is 19.9. The van der Waals surface area contributed by atoms with E-state index >= 15 is 0 Å². The number of rotatable bonds is 5. The van der Waals surface area contributed by atoms with Gasteiger partial charge < -0.3 is 10.1 Å². The summed E-state index contributed by atoms with van der Waals surface area (Å²) < 4.78 is 5.18. The van der Waals surface area contributed by atoms with Gasteiger partial charge in [-0.1, -0.05) is 49.0 Å². The van der Waals surface area contributed by atoms with E-state index in [0.29, 0.717) is 17.7 Å². The lowest BCUT2D eigenvalue weighted by Gasteiger charge is -2.25. The number of ketones is 1. The molecule has 0 fully saturated rings. The van der Waals surface area contributed by atoms with E-state index in [1.165, 1.54) is 5.56 Å². The minimum Gasteiger partial charge on any atom is -0.384 e. The highest BCUT2D eigenvalue weighted by Gasteiger charge is 2.29. The summed E-state index contributed by atoms with van der Waals surface area (Å²) >= 11 is 0. The number of methoxy groups -OCH3 is 1. The van der Waals surface area contributed by atoms with E-state index < -0.39 is 0 Å². The fraction of sp³-hybridized carbons (Fsp3) is 0.160. The predicted octanol–water partition coefficient (Wildman–Crippen LogP) is 5.53. The Morgan fingerprint density at radius 1 is 0.964 bits per heavy atom. The number of hydrogen-bond donors (Lipinski definition) is 1. The Hall–Kier alpha value is -3.17. The second kappa shape index (κ2) is 7.45. The van der Waals surface area contributed by atoms with Gasteiger partial charge in [-0.3, -0.25) is 4.79 Å². The molecule has 0 aliphatic heterocycles. The molecule has 1 N–H and O–H groups in total. The predicted molar refractivity (Wildman–Crippen MR) is 114 cm³/mol. The van der Waals surface area contributed by atoms with Gasteiger partial charge in [0.15, 0.2) is 5.78 Å². The molecule has 0 spiro atoms. The summed E-state index contributed by atoms with van der Waals surface area (Å²) in [7, 11) is 1.71. The fourth-order valence-corrected chi connectivity index (χ4v) is 3.83. The van der Waals surface area contributed by atoms with Crippen LogP contribution in [0.1, 0.15) is 38.2 Å². The van der Waals surface area contributed by atoms with Gasteiger partial charge in [-0.2, -0.15) is 0 Å². The van der Waals surface area contributed by atoms with Crippen molar-refractivity contribution in [3.63, 3.8) is 0 Å². The zero-order chi connectivity index (χ0) is 19.7. The normalized spacial score (nSPS) is 12.5. The Morgan fingerprint density at radius 2 is 1.75 bits per heavy atom. The second-order valence-corrected chi connectivity index (χ2v) is 7.10. The monoisotopic (exact) mass is 369 g/mol. The number of carbonyl (C=O) groups is 1. The van der Waals surface area contributed by atoms with Gasteiger partial charge >= 0.3 is 0 Å². The first-order valence-corrected chi connectivity index (χ1v) is 9.42. The molecule has 0 heterocycles.